The second-order valence-electron chi connectivity index (χ2n) is 6.69. The average Bonchev–Trinajstić information content (AvgIpc) is 2.18. The molecule has 1 saturated heterocycles. The summed E-state index contributed by atoms with van der Waals surface area (Å²) in [6.45, 7) is 11.5. The van der Waals surface area contributed by atoms with E-state index in [2.05, 4.69) is 24.5 Å². The molecule has 0 aliphatic carbocycles. The van der Waals surface area contributed by atoms with Crippen molar-refractivity contribution >= 4 is 6.09 Å². The summed E-state index contributed by atoms with van der Waals surface area (Å²) in [5.74, 6) is 0.333. The number of nitrogens with one attached hydrogen (secondary N) is 2. The van der Waals surface area contributed by atoms with Crippen LogP contribution in [0.1, 0.15) is 41.0 Å². The second kappa shape index (κ2) is 6.09. The largest absolute Gasteiger partial charge is 0.444 e. The van der Waals surface area contributed by atoms with E-state index in [9.17, 15) is 4.79 Å². The molecule has 1 heterocycles. The molecular formula is C14H28N2O3. The van der Waals surface area contributed by atoms with Crippen molar-refractivity contribution in [1.82, 2.24) is 10.6 Å². The second-order valence-corrected chi connectivity index (χ2v) is 6.69. The molecule has 0 spiro atoms. The molecule has 0 saturated carbocycles. The number of carbonyl (C=O) groups is 1. The Balaban J connectivity index is 2.56. The third-order valence-electron chi connectivity index (χ3n) is 3.43. The number of amides is 1. The SMILES string of the molecule is COC1(CC(NC(=O)OC(C)(C)C)C(C)C)CNC1. The van der Waals surface area contributed by atoms with E-state index in [0.717, 1.165) is 19.5 Å². The predicted octanol–water partition coefficient (Wildman–Crippen LogP) is 1.91. The lowest BCUT2D eigenvalue weighted by Gasteiger charge is -2.44. The number of carbonyl (C=O) groups excluding carboxylic acids is 1. The first-order valence-corrected chi connectivity index (χ1v) is 6.93. The van der Waals surface area contributed by atoms with E-state index < -0.39 is 5.60 Å². The molecule has 1 unspecified atom stereocenters. The third-order valence-corrected chi connectivity index (χ3v) is 3.43. The zero-order chi connectivity index (χ0) is 14.7. The minimum Gasteiger partial charge on any atom is -0.444 e. The number of hydrogen-bond acceptors (Lipinski definition) is 4. The van der Waals surface area contributed by atoms with Crippen molar-refractivity contribution in [2.24, 2.45) is 5.92 Å². The molecule has 2 N–H and O–H groups in total. The van der Waals surface area contributed by atoms with Gasteiger partial charge in [0.15, 0.2) is 0 Å². The highest BCUT2D eigenvalue weighted by atomic mass is 16.6. The number of ether oxygens (including phenoxy) is 2. The van der Waals surface area contributed by atoms with Crippen LogP contribution in [0.2, 0.25) is 0 Å². The van der Waals surface area contributed by atoms with E-state index in [1.54, 1.807) is 7.11 Å². The minimum absolute atomic E-state index is 0.0527. The highest BCUT2D eigenvalue weighted by Gasteiger charge is 2.40. The van der Waals surface area contributed by atoms with Crippen molar-refractivity contribution in [2.45, 2.75) is 58.3 Å². The summed E-state index contributed by atoms with van der Waals surface area (Å²) in [7, 11) is 1.73. The van der Waals surface area contributed by atoms with Gasteiger partial charge in [0.2, 0.25) is 0 Å². The number of rotatable bonds is 5. The number of alkyl carbamates (subject to hydrolysis) is 1. The summed E-state index contributed by atoms with van der Waals surface area (Å²) in [5.41, 5.74) is -0.619. The van der Waals surface area contributed by atoms with Gasteiger partial charge in [-0.3, -0.25) is 0 Å². The Labute approximate surface area is 116 Å². The normalized spacial score (nSPS) is 19.7. The smallest absolute Gasteiger partial charge is 0.407 e. The monoisotopic (exact) mass is 272 g/mol. The Morgan fingerprint density at radius 1 is 1.37 bits per heavy atom. The van der Waals surface area contributed by atoms with Crippen LogP contribution in [0.3, 0.4) is 0 Å². The lowest BCUT2D eigenvalue weighted by Crippen LogP contribution is -2.63. The Morgan fingerprint density at radius 3 is 2.26 bits per heavy atom. The molecule has 1 rings (SSSR count). The highest BCUT2D eigenvalue weighted by Crippen LogP contribution is 2.25. The first-order chi connectivity index (χ1) is 8.67. The van der Waals surface area contributed by atoms with Crippen LogP contribution in [-0.2, 0) is 9.47 Å². The summed E-state index contributed by atoms with van der Waals surface area (Å²) in [6, 6.07) is 0.0527. The van der Waals surface area contributed by atoms with Crippen LogP contribution >= 0.6 is 0 Å². The first-order valence-electron chi connectivity index (χ1n) is 6.93. The molecule has 1 fully saturated rings. The molecule has 1 aliphatic heterocycles. The van der Waals surface area contributed by atoms with Crippen LogP contribution in [0.25, 0.3) is 0 Å². The molecule has 0 radical (unpaired) electrons. The van der Waals surface area contributed by atoms with Gasteiger partial charge in [0, 0.05) is 26.2 Å². The molecule has 1 amide bonds. The van der Waals surface area contributed by atoms with Gasteiger partial charge in [-0.15, -0.1) is 0 Å². The average molecular weight is 272 g/mol. The Bertz CT molecular complexity index is 301. The molecule has 1 aliphatic rings. The van der Waals surface area contributed by atoms with Crippen molar-refractivity contribution in [3.05, 3.63) is 0 Å². The molecule has 1 atom stereocenters. The van der Waals surface area contributed by atoms with Crippen LogP contribution in [0.4, 0.5) is 4.79 Å². The molecule has 0 aromatic carbocycles. The van der Waals surface area contributed by atoms with Crippen LogP contribution in [0.5, 0.6) is 0 Å². The summed E-state index contributed by atoms with van der Waals surface area (Å²) in [6.07, 6.45) is 0.442. The Hall–Kier alpha value is -0.810. The fourth-order valence-corrected chi connectivity index (χ4v) is 2.09. The van der Waals surface area contributed by atoms with E-state index in [-0.39, 0.29) is 17.7 Å². The summed E-state index contributed by atoms with van der Waals surface area (Å²) in [5, 5.41) is 6.18. The van der Waals surface area contributed by atoms with E-state index in [1.807, 2.05) is 20.8 Å². The van der Waals surface area contributed by atoms with Gasteiger partial charge in [0.1, 0.15) is 5.60 Å². The molecular weight excluding hydrogens is 244 g/mol. The first kappa shape index (κ1) is 16.2. The van der Waals surface area contributed by atoms with Gasteiger partial charge in [-0.05, 0) is 33.1 Å². The zero-order valence-electron chi connectivity index (χ0n) is 13.0. The molecule has 5 nitrogen and oxygen atoms in total. The van der Waals surface area contributed by atoms with Crippen molar-refractivity contribution in [1.29, 1.82) is 0 Å². The highest BCUT2D eigenvalue weighted by molar-refractivity contribution is 5.68. The van der Waals surface area contributed by atoms with E-state index in [4.69, 9.17) is 9.47 Å². The Morgan fingerprint density at radius 2 is 1.95 bits per heavy atom. The van der Waals surface area contributed by atoms with Gasteiger partial charge >= 0.3 is 6.09 Å². The van der Waals surface area contributed by atoms with Gasteiger partial charge in [-0.1, -0.05) is 13.8 Å². The summed E-state index contributed by atoms with van der Waals surface area (Å²) in [4.78, 5) is 11.9. The summed E-state index contributed by atoms with van der Waals surface area (Å²) >= 11 is 0. The topological polar surface area (TPSA) is 59.6 Å². The van der Waals surface area contributed by atoms with E-state index in [1.165, 1.54) is 0 Å². The van der Waals surface area contributed by atoms with Gasteiger partial charge < -0.3 is 20.1 Å². The third kappa shape index (κ3) is 4.99. The number of hydrogen-bond donors (Lipinski definition) is 2. The van der Waals surface area contributed by atoms with Gasteiger partial charge in [-0.2, -0.15) is 0 Å². The molecule has 112 valence electrons. The lowest BCUT2D eigenvalue weighted by atomic mass is 9.85. The van der Waals surface area contributed by atoms with Crippen LogP contribution in [-0.4, -0.2) is 43.5 Å². The van der Waals surface area contributed by atoms with Crippen molar-refractivity contribution in [2.75, 3.05) is 20.2 Å². The molecule has 0 aromatic rings. The number of methoxy groups -OCH3 is 1. The van der Waals surface area contributed by atoms with Crippen molar-refractivity contribution in [3.63, 3.8) is 0 Å². The van der Waals surface area contributed by atoms with Crippen LogP contribution in [0.15, 0.2) is 0 Å². The fourth-order valence-electron chi connectivity index (χ4n) is 2.09. The molecule has 0 aromatic heterocycles. The van der Waals surface area contributed by atoms with E-state index >= 15 is 0 Å². The quantitative estimate of drug-likeness (QED) is 0.802. The maximum Gasteiger partial charge on any atom is 0.407 e. The molecule has 0 bridgehead atoms. The van der Waals surface area contributed by atoms with Crippen LogP contribution < -0.4 is 10.6 Å². The zero-order valence-corrected chi connectivity index (χ0v) is 13.0. The van der Waals surface area contributed by atoms with Gasteiger partial charge in [0.25, 0.3) is 0 Å². The standard InChI is InChI=1S/C14H28N2O3/c1-10(2)11(7-14(18-6)8-15-9-14)16-12(17)19-13(3,4)5/h10-11,15H,7-9H2,1-6H3,(H,16,17). The maximum absolute atomic E-state index is 11.9. The van der Waals surface area contributed by atoms with Crippen molar-refractivity contribution in [3.8, 4) is 0 Å². The van der Waals surface area contributed by atoms with Crippen LogP contribution in [0, 0.1) is 5.92 Å². The lowest BCUT2D eigenvalue weighted by molar-refractivity contribution is -0.0664. The maximum atomic E-state index is 11.9. The molecule has 5 heteroatoms. The minimum atomic E-state index is -0.470. The molecule has 19 heavy (non-hydrogen) atoms. The van der Waals surface area contributed by atoms with E-state index in [0.29, 0.717) is 5.92 Å². The van der Waals surface area contributed by atoms with Gasteiger partial charge in [-0.25, -0.2) is 4.79 Å². The fraction of sp³-hybridized carbons (Fsp3) is 0.929. The van der Waals surface area contributed by atoms with Crippen molar-refractivity contribution < 1.29 is 14.3 Å². The predicted molar refractivity (Wildman–Crippen MR) is 75.2 cm³/mol. The Kier molecular flexibility index (Phi) is 5.21. The van der Waals surface area contributed by atoms with Gasteiger partial charge in [0.05, 0.1) is 5.60 Å². The summed E-state index contributed by atoms with van der Waals surface area (Å²) < 4.78 is 10.9.